The van der Waals surface area contributed by atoms with Crippen molar-refractivity contribution >= 4 is 39.9 Å². The fraction of sp³-hybridized carbons (Fsp3) is 0.333. The van der Waals surface area contributed by atoms with Gasteiger partial charge in [0.1, 0.15) is 16.4 Å². The fourth-order valence-electron chi connectivity index (χ4n) is 4.16. The number of aryl methyl sites for hydroxylation is 1. The number of rotatable bonds is 10. The first-order valence-electron chi connectivity index (χ1n) is 13.0. The van der Waals surface area contributed by atoms with E-state index < -0.39 is 23.7 Å². The number of unbranched alkanes of at least 4 members (excludes halogenated alkanes) is 1. The Morgan fingerprint density at radius 3 is 2.44 bits per heavy atom. The number of aliphatic hydroxyl groups excluding tert-OH is 1. The van der Waals surface area contributed by atoms with Crippen LogP contribution < -0.4 is 9.64 Å². The van der Waals surface area contributed by atoms with Gasteiger partial charge in [-0.25, -0.2) is 9.78 Å². The van der Waals surface area contributed by atoms with Crippen molar-refractivity contribution in [2.24, 2.45) is 5.92 Å². The van der Waals surface area contributed by atoms with E-state index in [-0.39, 0.29) is 33.9 Å². The first-order chi connectivity index (χ1) is 18.7. The molecule has 1 N–H and O–H groups in total. The topological polar surface area (TPSA) is 106 Å². The predicted molar refractivity (Wildman–Crippen MR) is 150 cm³/mol. The van der Waals surface area contributed by atoms with Gasteiger partial charge in [-0.2, -0.15) is 0 Å². The molecule has 3 aromatic rings. The van der Waals surface area contributed by atoms with Crippen LogP contribution in [0.5, 0.6) is 5.75 Å². The number of nitrogens with zero attached hydrogens (tertiary/aromatic N) is 2. The van der Waals surface area contributed by atoms with E-state index >= 15 is 0 Å². The van der Waals surface area contributed by atoms with Gasteiger partial charge in [-0.05, 0) is 49.1 Å². The zero-order valence-corrected chi connectivity index (χ0v) is 23.3. The molecule has 0 bridgehead atoms. The molecule has 1 amide bonds. The summed E-state index contributed by atoms with van der Waals surface area (Å²) in [6.07, 6.45) is 1.94. The van der Waals surface area contributed by atoms with Crippen molar-refractivity contribution in [2.45, 2.75) is 46.6 Å². The highest BCUT2D eigenvalue weighted by atomic mass is 32.1. The van der Waals surface area contributed by atoms with Crippen LogP contribution >= 0.6 is 11.3 Å². The number of carbonyl (C=O) groups excluding carboxylic acids is 3. The Hall–Kier alpha value is -3.98. The molecule has 2 heterocycles. The van der Waals surface area contributed by atoms with E-state index in [1.807, 2.05) is 19.9 Å². The molecule has 1 atom stereocenters. The fourth-order valence-corrected chi connectivity index (χ4v) is 5.15. The summed E-state index contributed by atoms with van der Waals surface area (Å²) in [6, 6.07) is 14.8. The number of ketones is 1. The van der Waals surface area contributed by atoms with E-state index in [4.69, 9.17) is 9.47 Å². The summed E-state index contributed by atoms with van der Waals surface area (Å²) in [5.41, 5.74) is 1.35. The van der Waals surface area contributed by atoms with Gasteiger partial charge in [-0.3, -0.25) is 14.5 Å². The smallest absolute Gasteiger partial charge is 0.350 e. The van der Waals surface area contributed by atoms with Gasteiger partial charge in [0.15, 0.2) is 5.13 Å². The number of aromatic nitrogens is 1. The second kappa shape index (κ2) is 12.3. The Morgan fingerprint density at radius 1 is 1.10 bits per heavy atom. The molecule has 204 valence electrons. The molecule has 1 aliphatic heterocycles. The lowest BCUT2D eigenvalue weighted by Gasteiger charge is -2.23. The number of esters is 1. The highest BCUT2D eigenvalue weighted by Gasteiger charge is 2.48. The molecule has 1 aliphatic rings. The van der Waals surface area contributed by atoms with Crippen LogP contribution in [-0.2, 0) is 14.3 Å². The van der Waals surface area contributed by atoms with Crippen LogP contribution in [0.25, 0.3) is 5.76 Å². The molecular formula is C30H32N2O6S. The number of carbonyl (C=O) groups is 3. The molecule has 9 heteroatoms. The average Bonchev–Trinajstić information content (AvgIpc) is 3.44. The van der Waals surface area contributed by atoms with Crippen LogP contribution in [0.1, 0.15) is 66.1 Å². The standard InChI is InChI=1S/C30H32N2O6S/c1-5-6-16-37-22-14-12-21(13-15-22)25(33)23-24(20-10-8-7-9-11-20)32(28(35)26(23)34)30-31-19(4)27(39-30)29(36)38-17-18(2)3/h7-15,18,24,33H,5-6,16-17H2,1-4H3/t24-/m0/s1. The Balaban J connectivity index is 1.75. The highest BCUT2D eigenvalue weighted by molar-refractivity contribution is 7.17. The number of aliphatic hydroxyl groups is 1. The van der Waals surface area contributed by atoms with Gasteiger partial charge in [0.25, 0.3) is 5.78 Å². The number of Topliss-reactive ketones (excluding diaryl/α,β-unsaturated/α-hetero) is 1. The first kappa shape index (κ1) is 28.0. The first-order valence-corrected chi connectivity index (χ1v) is 13.8. The number of hydrogen-bond donors (Lipinski definition) is 1. The predicted octanol–water partition coefficient (Wildman–Crippen LogP) is 6.07. The quantitative estimate of drug-likeness (QED) is 0.108. The van der Waals surface area contributed by atoms with Gasteiger partial charge in [-0.15, -0.1) is 0 Å². The summed E-state index contributed by atoms with van der Waals surface area (Å²) in [5.74, 6) is -1.68. The summed E-state index contributed by atoms with van der Waals surface area (Å²) in [4.78, 5) is 45.4. The largest absolute Gasteiger partial charge is 0.507 e. The number of benzene rings is 2. The molecule has 0 aliphatic carbocycles. The number of anilines is 1. The summed E-state index contributed by atoms with van der Waals surface area (Å²) >= 11 is 0.988. The van der Waals surface area contributed by atoms with Gasteiger partial charge < -0.3 is 14.6 Å². The third kappa shape index (κ3) is 6.04. The molecule has 8 nitrogen and oxygen atoms in total. The zero-order valence-electron chi connectivity index (χ0n) is 22.5. The molecule has 0 saturated carbocycles. The maximum atomic E-state index is 13.4. The lowest BCUT2D eigenvalue weighted by molar-refractivity contribution is -0.132. The van der Waals surface area contributed by atoms with Crippen molar-refractivity contribution in [2.75, 3.05) is 18.1 Å². The highest BCUT2D eigenvalue weighted by Crippen LogP contribution is 2.44. The van der Waals surface area contributed by atoms with E-state index in [0.29, 0.717) is 29.2 Å². The van der Waals surface area contributed by atoms with Crippen LogP contribution in [0, 0.1) is 12.8 Å². The Bertz CT molecular complexity index is 1380. The van der Waals surface area contributed by atoms with E-state index in [0.717, 1.165) is 24.2 Å². The van der Waals surface area contributed by atoms with Crippen LogP contribution in [0.15, 0.2) is 60.2 Å². The van der Waals surface area contributed by atoms with Crippen LogP contribution in [0.3, 0.4) is 0 Å². The third-order valence-electron chi connectivity index (χ3n) is 6.18. The Labute approximate surface area is 231 Å². The normalized spacial score (nSPS) is 16.6. The molecule has 1 aromatic heterocycles. The molecule has 39 heavy (non-hydrogen) atoms. The Morgan fingerprint density at radius 2 is 1.79 bits per heavy atom. The molecule has 0 unspecified atom stereocenters. The van der Waals surface area contributed by atoms with Gasteiger partial charge in [-0.1, -0.05) is 68.9 Å². The van der Waals surface area contributed by atoms with Crippen LogP contribution in [0.4, 0.5) is 5.13 Å². The zero-order chi connectivity index (χ0) is 28.1. The van der Waals surface area contributed by atoms with Crippen molar-refractivity contribution in [3.05, 3.63) is 81.9 Å². The monoisotopic (exact) mass is 548 g/mol. The molecule has 1 fully saturated rings. The lowest BCUT2D eigenvalue weighted by atomic mass is 9.95. The third-order valence-corrected chi connectivity index (χ3v) is 7.32. The average molecular weight is 549 g/mol. The minimum atomic E-state index is -0.934. The number of ether oxygens (including phenoxy) is 2. The minimum absolute atomic E-state index is 0.0531. The van der Waals surface area contributed by atoms with Gasteiger partial charge in [0, 0.05) is 5.56 Å². The van der Waals surface area contributed by atoms with Crippen LogP contribution in [0.2, 0.25) is 0 Å². The number of amides is 1. The lowest BCUT2D eigenvalue weighted by Crippen LogP contribution is -2.29. The van der Waals surface area contributed by atoms with E-state index in [2.05, 4.69) is 11.9 Å². The van der Waals surface area contributed by atoms with E-state index in [1.165, 1.54) is 4.90 Å². The Kier molecular flexibility index (Phi) is 8.81. The van der Waals surface area contributed by atoms with E-state index in [1.54, 1.807) is 55.5 Å². The summed E-state index contributed by atoms with van der Waals surface area (Å²) in [5, 5.41) is 11.5. The summed E-state index contributed by atoms with van der Waals surface area (Å²) in [6.45, 7) is 8.44. The van der Waals surface area contributed by atoms with Crippen molar-refractivity contribution in [3.8, 4) is 5.75 Å². The molecular weight excluding hydrogens is 516 g/mol. The van der Waals surface area contributed by atoms with Crippen molar-refractivity contribution in [1.82, 2.24) is 4.98 Å². The summed E-state index contributed by atoms with van der Waals surface area (Å²) < 4.78 is 11.1. The SMILES string of the molecule is CCCCOc1ccc(C(O)=C2C(=O)C(=O)N(c3nc(C)c(C(=O)OCC(C)C)s3)[C@H]2c2ccccc2)cc1. The van der Waals surface area contributed by atoms with Gasteiger partial charge in [0.05, 0.1) is 30.5 Å². The number of hydrogen-bond acceptors (Lipinski definition) is 8. The molecule has 0 spiro atoms. The van der Waals surface area contributed by atoms with Crippen LogP contribution in [-0.4, -0.2) is 41.0 Å². The van der Waals surface area contributed by atoms with Crippen molar-refractivity contribution in [1.29, 1.82) is 0 Å². The second-order valence-corrected chi connectivity index (χ2v) is 10.7. The van der Waals surface area contributed by atoms with Gasteiger partial charge >= 0.3 is 11.9 Å². The minimum Gasteiger partial charge on any atom is -0.507 e. The maximum absolute atomic E-state index is 13.4. The van der Waals surface area contributed by atoms with Gasteiger partial charge in [0.2, 0.25) is 0 Å². The molecule has 0 radical (unpaired) electrons. The molecule has 2 aromatic carbocycles. The van der Waals surface area contributed by atoms with E-state index in [9.17, 15) is 19.5 Å². The molecule has 1 saturated heterocycles. The maximum Gasteiger partial charge on any atom is 0.350 e. The molecule has 4 rings (SSSR count). The summed E-state index contributed by atoms with van der Waals surface area (Å²) in [7, 11) is 0. The second-order valence-electron chi connectivity index (χ2n) is 9.71. The number of thiazole rings is 1. The van der Waals surface area contributed by atoms with Crippen molar-refractivity contribution < 1.29 is 29.0 Å². The van der Waals surface area contributed by atoms with Crippen molar-refractivity contribution in [3.63, 3.8) is 0 Å².